The molecule has 3 aromatic carbocycles. The highest BCUT2D eigenvalue weighted by atomic mass is 16.7. The smallest absolute Gasteiger partial charge is 0.339 e. The molecule has 6 nitrogen and oxygen atoms in total. The Morgan fingerprint density at radius 3 is 2.50 bits per heavy atom. The van der Waals surface area contributed by atoms with Crippen LogP contribution >= 0.6 is 0 Å². The highest BCUT2D eigenvalue weighted by Gasteiger charge is 2.27. The van der Waals surface area contributed by atoms with Crippen LogP contribution in [0, 0.1) is 13.8 Å². The van der Waals surface area contributed by atoms with E-state index in [4.69, 9.17) is 14.2 Å². The number of hydrogen-bond donors (Lipinski definition) is 1. The number of carbonyl (C=O) groups is 2. The maximum absolute atomic E-state index is 13.1. The summed E-state index contributed by atoms with van der Waals surface area (Å²) in [4.78, 5) is 25.9. The molecule has 0 saturated carbocycles. The third-order valence-electron chi connectivity index (χ3n) is 4.82. The molecule has 3 aromatic rings. The molecule has 1 amide bonds. The van der Waals surface area contributed by atoms with Crippen LogP contribution in [0.15, 0.2) is 66.7 Å². The van der Waals surface area contributed by atoms with Gasteiger partial charge in [0, 0.05) is 11.3 Å². The van der Waals surface area contributed by atoms with Gasteiger partial charge in [-0.15, -0.1) is 0 Å². The van der Waals surface area contributed by atoms with Crippen LogP contribution in [0.2, 0.25) is 0 Å². The molecule has 1 aliphatic rings. The number of carbonyl (C=O) groups excluding carboxylic acids is 2. The number of nitrogens with one attached hydrogen (secondary N) is 1. The van der Waals surface area contributed by atoms with Crippen LogP contribution < -0.4 is 14.8 Å². The van der Waals surface area contributed by atoms with E-state index in [1.807, 2.05) is 38.1 Å². The second-order valence-corrected chi connectivity index (χ2v) is 7.07. The van der Waals surface area contributed by atoms with Crippen LogP contribution in [0.4, 0.5) is 5.69 Å². The van der Waals surface area contributed by atoms with Crippen molar-refractivity contribution in [2.24, 2.45) is 0 Å². The largest absolute Gasteiger partial charge is 0.454 e. The molecule has 152 valence electrons. The van der Waals surface area contributed by atoms with Crippen molar-refractivity contribution in [3.05, 3.63) is 89.0 Å². The molecule has 1 atom stereocenters. The lowest BCUT2D eigenvalue weighted by molar-refractivity contribution is -0.125. The summed E-state index contributed by atoms with van der Waals surface area (Å²) in [6, 6.07) is 19.5. The molecule has 1 heterocycles. The Morgan fingerprint density at radius 2 is 1.70 bits per heavy atom. The molecule has 6 heteroatoms. The Morgan fingerprint density at radius 1 is 0.933 bits per heavy atom. The van der Waals surface area contributed by atoms with Gasteiger partial charge in [-0.1, -0.05) is 42.5 Å². The maximum atomic E-state index is 13.1. The Kier molecular flexibility index (Phi) is 5.39. The van der Waals surface area contributed by atoms with Crippen LogP contribution in [-0.2, 0) is 9.53 Å². The van der Waals surface area contributed by atoms with Gasteiger partial charge in [0.05, 0.1) is 5.56 Å². The number of hydrogen-bond acceptors (Lipinski definition) is 5. The van der Waals surface area contributed by atoms with Gasteiger partial charge in [-0.25, -0.2) is 4.79 Å². The third kappa shape index (κ3) is 4.12. The van der Waals surface area contributed by atoms with Crippen molar-refractivity contribution < 1.29 is 23.8 Å². The first-order valence-electron chi connectivity index (χ1n) is 9.55. The molecule has 1 aliphatic heterocycles. The van der Waals surface area contributed by atoms with Crippen molar-refractivity contribution in [2.75, 3.05) is 12.1 Å². The molecule has 0 aliphatic carbocycles. The Bertz CT molecular complexity index is 1090. The zero-order chi connectivity index (χ0) is 21.1. The highest BCUT2D eigenvalue weighted by Crippen LogP contribution is 2.33. The summed E-state index contributed by atoms with van der Waals surface area (Å²) in [5.74, 6) is -0.0124. The van der Waals surface area contributed by atoms with Gasteiger partial charge in [0.1, 0.15) is 0 Å². The molecule has 0 fully saturated rings. The number of amides is 1. The molecule has 4 rings (SSSR count). The van der Waals surface area contributed by atoms with Gasteiger partial charge in [-0.2, -0.15) is 0 Å². The van der Waals surface area contributed by atoms with E-state index in [1.54, 1.807) is 42.5 Å². The van der Waals surface area contributed by atoms with Crippen molar-refractivity contribution in [1.29, 1.82) is 0 Å². The average molecular weight is 403 g/mol. The van der Waals surface area contributed by atoms with Gasteiger partial charge in [0.2, 0.25) is 12.9 Å². The molecule has 0 radical (unpaired) electrons. The van der Waals surface area contributed by atoms with Gasteiger partial charge >= 0.3 is 5.97 Å². The predicted molar refractivity (Wildman–Crippen MR) is 112 cm³/mol. The zero-order valence-corrected chi connectivity index (χ0v) is 16.7. The normalized spacial score (nSPS) is 12.9. The minimum Gasteiger partial charge on any atom is -0.454 e. The standard InChI is InChI=1S/C24H21NO5/c1-15-8-9-16(2)19(12-15)25-23(26)22(17-6-4-3-5-7-17)30-24(27)18-10-11-20-21(13-18)29-14-28-20/h3-13,22H,14H2,1-2H3,(H,25,26). The SMILES string of the molecule is Cc1ccc(C)c(NC(=O)C(OC(=O)c2ccc3c(c2)OCO3)c2ccccc2)c1. The van der Waals surface area contributed by atoms with Gasteiger partial charge in [0.25, 0.3) is 5.91 Å². The fourth-order valence-electron chi connectivity index (χ4n) is 3.17. The van der Waals surface area contributed by atoms with Crippen LogP contribution in [0.5, 0.6) is 11.5 Å². The van der Waals surface area contributed by atoms with Gasteiger partial charge < -0.3 is 19.5 Å². The van der Waals surface area contributed by atoms with Crippen LogP contribution in [0.25, 0.3) is 0 Å². The summed E-state index contributed by atoms with van der Waals surface area (Å²) < 4.78 is 16.2. The van der Waals surface area contributed by atoms with Crippen LogP contribution in [0.3, 0.4) is 0 Å². The molecule has 1 unspecified atom stereocenters. The first kappa shape index (κ1) is 19.5. The summed E-state index contributed by atoms with van der Waals surface area (Å²) in [6.45, 7) is 3.97. The second kappa shape index (κ2) is 8.29. The maximum Gasteiger partial charge on any atom is 0.339 e. The van der Waals surface area contributed by atoms with Crippen LogP contribution in [0.1, 0.15) is 33.2 Å². The monoisotopic (exact) mass is 403 g/mol. The summed E-state index contributed by atoms with van der Waals surface area (Å²) in [5.41, 5.74) is 3.47. The second-order valence-electron chi connectivity index (χ2n) is 7.07. The van der Waals surface area contributed by atoms with Crippen molar-refractivity contribution >= 4 is 17.6 Å². The molecule has 0 saturated heterocycles. The number of anilines is 1. The molecule has 1 N–H and O–H groups in total. The van der Waals surface area contributed by atoms with Crippen molar-refractivity contribution in [3.8, 4) is 11.5 Å². The van der Waals surface area contributed by atoms with E-state index in [0.29, 0.717) is 22.7 Å². The first-order valence-corrected chi connectivity index (χ1v) is 9.55. The van der Waals surface area contributed by atoms with E-state index >= 15 is 0 Å². The molecule has 30 heavy (non-hydrogen) atoms. The van der Waals surface area contributed by atoms with E-state index in [1.165, 1.54) is 0 Å². The lowest BCUT2D eigenvalue weighted by Crippen LogP contribution is -2.26. The fourth-order valence-corrected chi connectivity index (χ4v) is 3.17. The lowest BCUT2D eigenvalue weighted by atomic mass is 10.1. The van der Waals surface area contributed by atoms with Crippen LogP contribution in [-0.4, -0.2) is 18.7 Å². The summed E-state index contributed by atoms with van der Waals surface area (Å²) in [6.07, 6.45) is -1.11. The first-order chi connectivity index (χ1) is 14.5. The quantitative estimate of drug-likeness (QED) is 0.632. The lowest BCUT2D eigenvalue weighted by Gasteiger charge is -2.19. The summed E-state index contributed by atoms with van der Waals surface area (Å²) >= 11 is 0. The minimum absolute atomic E-state index is 0.110. The minimum atomic E-state index is -1.11. The van der Waals surface area contributed by atoms with Crippen molar-refractivity contribution in [1.82, 2.24) is 0 Å². The van der Waals surface area contributed by atoms with E-state index in [2.05, 4.69) is 5.32 Å². The predicted octanol–water partition coefficient (Wildman–Crippen LogP) is 4.57. The topological polar surface area (TPSA) is 73.9 Å². The summed E-state index contributed by atoms with van der Waals surface area (Å²) in [5, 5.41) is 2.89. The van der Waals surface area contributed by atoms with Crippen molar-refractivity contribution in [3.63, 3.8) is 0 Å². The summed E-state index contributed by atoms with van der Waals surface area (Å²) in [7, 11) is 0. The molecule has 0 aromatic heterocycles. The Labute approximate surface area is 174 Å². The molecular formula is C24H21NO5. The van der Waals surface area contributed by atoms with E-state index in [0.717, 1.165) is 11.1 Å². The van der Waals surface area contributed by atoms with E-state index in [9.17, 15) is 9.59 Å². The van der Waals surface area contributed by atoms with E-state index in [-0.39, 0.29) is 12.4 Å². The Hall–Kier alpha value is -3.80. The number of ether oxygens (including phenoxy) is 3. The van der Waals surface area contributed by atoms with Gasteiger partial charge in [0.15, 0.2) is 11.5 Å². The van der Waals surface area contributed by atoms with Crippen molar-refractivity contribution in [2.45, 2.75) is 20.0 Å². The van der Waals surface area contributed by atoms with Gasteiger partial charge in [-0.05, 0) is 49.2 Å². The average Bonchev–Trinajstić information content (AvgIpc) is 3.23. The number of rotatable bonds is 5. The molecule has 0 bridgehead atoms. The highest BCUT2D eigenvalue weighted by molar-refractivity contribution is 5.98. The number of benzene rings is 3. The number of aryl methyl sites for hydroxylation is 2. The Balaban J connectivity index is 1.59. The zero-order valence-electron chi connectivity index (χ0n) is 16.7. The van der Waals surface area contributed by atoms with E-state index < -0.39 is 18.0 Å². The third-order valence-corrected chi connectivity index (χ3v) is 4.82. The van der Waals surface area contributed by atoms with Gasteiger partial charge in [-0.3, -0.25) is 4.79 Å². The molecular weight excluding hydrogens is 382 g/mol. The number of esters is 1. The molecule has 0 spiro atoms. The number of fused-ring (bicyclic) bond motifs is 1. The fraction of sp³-hybridized carbons (Fsp3) is 0.167.